The van der Waals surface area contributed by atoms with Crippen molar-refractivity contribution in [1.82, 2.24) is 10.6 Å². The summed E-state index contributed by atoms with van der Waals surface area (Å²) in [6, 6.07) is -0.298. The smallest absolute Gasteiger partial charge is 0.314 e. The Kier molecular flexibility index (Phi) is 6.49. The van der Waals surface area contributed by atoms with E-state index in [1.165, 1.54) is 0 Å². The van der Waals surface area contributed by atoms with E-state index in [0.717, 1.165) is 26.1 Å². The van der Waals surface area contributed by atoms with Crippen LogP contribution in [0.5, 0.6) is 0 Å². The second kappa shape index (κ2) is 7.92. The summed E-state index contributed by atoms with van der Waals surface area (Å²) in [5.74, 6) is -0.854. The van der Waals surface area contributed by atoms with Gasteiger partial charge in [-0.05, 0) is 25.2 Å². The van der Waals surface area contributed by atoms with E-state index < -0.39 is 11.9 Å². The van der Waals surface area contributed by atoms with E-state index in [4.69, 9.17) is 9.84 Å². The number of hydrogen-bond donors (Lipinski definition) is 3. The summed E-state index contributed by atoms with van der Waals surface area (Å²) < 4.78 is 5.24. The first-order valence-electron chi connectivity index (χ1n) is 6.45. The van der Waals surface area contributed by atoms with E-state index in [2.05, 4.69) is 10.6 Å². The molecule has 0 bridgehead atoms. The molecule has 6 nitrogen and oxygen atoms in total. The number of aliphatic carboxylic acids is 1. The van der Waals surface area contributed by atoms with Crippen LogP contribution >= 0.6 is 0 Å². The molecule has 6 heteroatoms. The number of carbonyl (C=O) groups excluding carboxylic acids is 1. The highest BCUT2D eigenvalue weighted by Gasteiger charge is 2.17. The average Bonchev–Trinajstić information content (AvgIpc) is 2.82. The van der Waals surface area contributed by atoms with Crippen LogP contribution in [0, 0.1) is 11.8 Å². The van der Waals surface area contributed by atoms with Gasteiger partial charge in [-0.1, -0.05) is 6.92 Å². The molecule has 18 heavy (non-hydrogen) atoms. The maximum Gasteiger partial charge on any atom is 0.314 e. The zero-order chi connectivity index (χ0) is 13.4. The molecule has 1 fully saturated rings. The molecule has 0 spiro atoms. The third-order valence-corrected chi connectivity index (χ3v) is 3.21. The van der Waals surface area contributed by atoms with Crippen molar-refractivity contribution in [2.75, 3.05) is 26.3 Å². The molecule has 2 unspecified atom stereocenters. The van der Waals surface area contributed by atoms with Gasteiger partial charge in [0.25, 0.3) is 0 Å². The van der Waals surface area contributed by atoms with Gasteiger partial charge >= 0.3 is 12.0 Å². The summed E-state index contributed by atoms with van der Waals surface area (Å²) >= 11 is 0. The average molecular weight is 258 g/mol. The first-order chi connectivity index (χ1) is 8.63. The molecule has 104 valence electrons. The van der Waals surface area contributed by atoms with Crippen LogP contribution in [0.1, 0.15) is 26.2 Å². The standard InChI is InChI=1S/C12H22N2O4/c1-2-10(11(15)16)7-14-12(17)13-5-3-9-4-6-18-8-9/h9-10H,2-8H2,1H3,(H,15,16)(H2,13,14,17). The van der Waals surface area contributed by atoms with Crippen molar-refractivity contribution in [3.63, 3.8) is 0 Å². The highest BCUT2D eigenvalue weighted by molar-refractivity contribution is 5.75. The Morgan fingerprint density at radius 3 is 2.78 bits per heavy atom. The van der Waals surface area contributed by atoms with Crippen molar-refractivity contribution >= 4 is 12.0 Å². The van der Waals surface area contributed by atoms with Crippen molar-refractivity contribution < 1.29 is 19.4 Å². The summed E-state index contributed by atoms with van der Waals surface area (Å²) in [6.07, 6.45) is 2.47. The monoisotopic (exact) mass is 258 g/mol. The van der Waals surface area contributed by atoms with Crippen molar-refractivity contribution in [2.45, 2.75) is 26.2 Å². The van der Waals surface area contributed by atoms with Gasteiger partial charge in [0.1, 0.15) is 0 Å². The summed E-state index contributed by atoms with van der Waals surface area (Å²) in [4.78, 5) is 22.2. The van der Waals surface area contributed by atoms with Crippen LogP contribution in [0.15, 0.2) is 0 Å². The molecule has 0 aromatic rings. The molecular weight excluding hydrogens is 236 g/mol. The highest BCUT2D eigenvalue weighted by atomic mass is 16.5. The van der Waals surface area contributed by atoms with Gasteiger partial charge in [-0.25, -0.2) is 4.79 Å². The second-order valence-corrected chi connectivity index (χ2v) is 4.60. The summed E-state index contributed by atoms with van der Waals surface area (Å²) in [5.41, 5.74) is 0. The van der Waals surface area contributed by atoms with E-state index in [0.29, 0.717) is 18.9 Å². The fourth-order valence-corrected chi connectivity index (χ4v) is 1.89. The molecule has 0 aromatic heterocycles. The van der Waals surface area contributed by atoms with Crippen LogP contribution in [-0.2, 0) is 9.53 Å². The molecule has 1 saturated heterocycles. The SMILES string of the molecule is CCC(CNC(=O)NCCC1CCOC1)C(=O)O. The Labute approximate surface area is 107 Å². The second-order valence-electron chi connectivity index (χ2n) is 4.60. The molecule has 0 aliphatic carbocycles. The minimum absolute atomic E-state index is 0.171. The molecule has 3 N–H and O–H groups in total. The number of amides is 2. The number of rotatable bonds is 7. The summed E-state index contributed by atoms with van der Waals surface area (Å²) in [6.45, 7) is 4.15. The number of carboxylic acids is 1. The number of ether oxygens (including phenoxy) is 1. The molecule has 0 saturated carbocycles. The molecule has 1 aliphatic rings. The van der Waals surface area contributed by atoms with E-state index in [-0.39, 0.29) is 12.6 Å². The third kappa shape index (κ3) is 5.35. The Balaban J connectivity index is 2.07. The minimum Gasteiger partial charge on any atom is -0.481 e. The molecule has 2 atom stereocenters. The fraction of sp³-hybridized carbons (Fsp3) is 0.833. The Morgan fingerprint density at radius 2 is 2.22 bits per heavy atom. The van der Waals surface area contributed by atoms with Crippen LogP contribution in [0.25, 0.3) is 0 Å². The maximum atomic E-state index is 11.4. The summed E-state index contributed by atoms with van der Waals surface area (Å²) in [7, 11) is 0. The van der Waals surface area contributed by atoms with Crippen molar-refractivity contribution in [3.05, 3.63) is 0 Å². The zero-order valence-corrected chi connectivity index (χ0v) is 10.8. The zero-order valence-electron chi connectivity index (χ0n) is 10.8. The lowest BCUT2D eigenvalue weighted by molar-refractivity contribution is -0.141. The lowest BCUT2D eigenvalue weighted by atomic mass is 10.1. The van der Waals surface area contributed by atoms with E-state index in [9.17, 15) is 9.59 Å². The van der Waals surface area contributed by atoms with Gasteiger partial charge in [-0.15, -0.1) is 0 Å². The maximum absolute atomic E-state index is 11.4. The predicted octanol–water partition coefficient (Wildman–Crippen LogP) is 0.823. The van der Waals surface area contributed by atoms with Crippen LogP contribution in [0.3, 0.4) is 0 Å². The van der Waals surface area contributed by atoms with Gasteiger partial charge in [0.05, 0.1) is 5.92 Å². The number of carboxylic acid groups (broad SMARTS) is 1. The predicted molar refractivity (Wildman–Crippen MR) is 66.4 cm³/mol. The molecule has 1 heterocycles. The lowest BCUT2D eigenvalue weighted by Gasteiger charge is -2.13. The Hall–Kier alpha value is -1.30. The van der Waals surface area contributed by atoms with Crippen LogP contribution < -0.4 is 10.6 Å². The van der Waals surface area contributed by atoms with Crippen LogP contribution in [0.4, 0.5) is 4.79 Å². The topological polar surface area (TPSA) is 87.7 Å². The van der Waals surface area contributed by atoms with E-state index in [1.54, 1.807) is 6.92 Å². The highest BCUT2D eigenvalue weighted by Crippen LogP contribution is 2.14. The number of hydrogen-bond acceptors (Lipinski definition) is 3. The molecule has 0 radical (unpaired) electrons. The van der Waals surface area contributed by atoms with Crippen LogP contribution in [0.2, 0.25) is 0 Å². The first kappa shape index (κ1) is 14.8. The number of carbonyl (C=O) groups is 2. The van der Waals surface area contributed by atoms with Gasteiger partial charge < -0.3 is 20.5 Å². The Bertz CT molecular complexity index is 277. The van der Waals surface area contributed by atoms with Gasteiger partial charge in [-0.2, -0.15) is 0 Å². The molecule has 2 amide bonds. The fourth-order valence-electron chi connectivity index (χ4n) is 1.89. The third-order valence-electron chi connectivity index (χ3n) is 3.21. The van der Waals surface area contributed by atoms with E-state index in [1.807, 2.05) is 0 Å². The molecule has 1 aliphatic heterocycles. The first-order valence-corrected chi connectivity index (χ1v) is 6.45. The quantitative estimate of drug-likeness (QED) is 0.631. The lowest BCUT2D eigenvalue weighted by Crippen LogP contribution is -2.40. The van der Waals surface area contributed by atoms with Gasteiger partial charge in [0.15, 0.2) is 0 Å². The molecule has 1 rings (SSSR count). The van der Waals surface area contributed by atoms with Gasteiger partial charge in [0.2, 0.25) is 0 Å². The van der Waals surface area contributed by atoms with Crippen molar-refractivity contribution in [2.24, 2.45) is 11.8 Å². The number of urea groups is 1. The Morgan fingerprint density at radius 1 is 1.44 bits per heavy atom. The molecule has 0 aromatic carbocycles. The summed E-state index contributed by atoms with van der Waals surface area (Å²) in [5, 5.41) is 14.1. The van der Waals surface area contributed by atoms with Crippen LogP contribution in [-0.4, -0.2) is 43.4 Å². The largest absolute Gasteiger partial charge is 0.481 e. The van der Waals surface area contributed by atoms with Gasteiger partial charge in [0, 0.05) is 26.3 Å². The van der Waals surface area contributed by atoms with Crippen molar-refractivity contribution in [1.29, 1.82) is 0 Å². The van der Waals surface area contributed by atoms with Crippen molar-refractivity contribution in [3.8, 4) is 0 Å². The molecular formula is C12H22N2O4. The minimum atomic E-state index is -0.874. The van der Waals surface area contributed by atoms with Gasteiger partial charge in [-0.3, -0.25) is 4.79 Å². The normalized spacial score (nSPS) is 20.4. The number of nitrogens with one attached hydrogen (secondary N) is 2. The van der Waals surface area contributed by atoms with E-state index >= 15 is 0 Å².